The number of hydrogen-bond acceptors (Lipinski definition) is 3. The fourth-order valence-electron chi connectivity index (χ4n) is 4.03. The number of ether oxygens (including phenoxy) is 1. The lowest BCUT2D eigenvalue weighted by Gasteiger charge is -2.33. The van der Waals surface area contributed by atoms with Crippen molar-refractivity contribution >= 4 is 10.0 Å². The Hall–Kier alpha value is -2.70. The van der Waals surface area contributed by atoms with Gasteiger partial charge < -0.3 is 4.74 Å². The van der Waals surface area contributed by atoms with Crippen molar-refractivity contribution in [3.8, 4) is 11.5 Å². The van der Waals surface area contributed by atoms with E-state index in [2.05, 4.69) is 0 Å². The maximum atomic E-state index is 13.5. The minimum atomic E-state index is -3.76. The number of halogens is 1. The third-order valence-corrected chi connectivity index (χ3v) is 7.53. The molecule has 1 fully saturated rings. The van der Waals surface area contributed by atoms with Crippen LogP contribution in [0.15, 0.2) is 83.8 Å². The van der Waals surface area contributed by atoms with Crippen LogP contribution in [0, 0.1) is 5.82 Å². The molecule has 1 aliphatic carbocycles. The first-order valence-electron chi connectivity index (χ1n) is 10.6. The van der Waals surface area contributed by atoms with Gasteiger partial charge in [0.25, 0.3) is 0 Å². The minimum Gasteiger partial charge on any atom is -0.457 e. The van der Waals surface area contributed by atoms with Gasteiger partial charge in [0.2, 0.25) is 10.0 Å². The highest BCUT2D eigenvalue weighted by Crippen LogP contribution is 2.31. The Morgan fingerprint density at radius 3 is 2.23 bits per heavy atom. The van der Waals surface area contributed by atoms with Gasteiger partial charge in [-0.15, -0.1) is 0 Å². The zero-order chi connectivity index (χ0) is 21.7. The van der Waals surface area contributed by atoms with Crippen LogP contribution >= 0.6 is 0 Å². The maximum Gasteiger partial charge on any atom is 0.243 e. The molecule has 1 saturated carbocycles. The summed E-state index contributed by atoms with van der Waals surface area (Å²) in [4.78, 5) is 0.121. The van der Waals surface area contributed by atoms with Gasteiger partial charge in [0, 0.05) is 12.6 Å². The highest BCUT2D eigenvalue weighted by atomic mass is 32.2. The van der Waals surface area contributed by atoms with Gasteiger partial charge in [-0.3, -0.25) is 0 Å². The molecule has 3 aromatic carbocycles. The Morgan fingerprint density at radius 1 is 0.839 bits per heavy atom. The second-order valence-electron chi connectivity index (χ2n) is 7.86. The summed E-state index contributed by atoms with van der Waals surface area (Å²) in [5.74, 6) is 0.933. The molecule has 0 spiro atoms. The van der Waals surface area contributed by atoms with Crippen LogP contribution in [-0.2, 0) is 16.6 Å². The normalized spacial score (nSPS) is 15.2. The molecule has 31 heavy (non-hydrogen) atoms. The van der Waals surface area contributed by atoms with E-state index in [0.29, 0.717) is 5.75 Å². The van der Waals surface area contributed by atoms with E-state index in [-0.39, 0.29) is 17.5 Å². The van der Waals surface area contributed by atoms with Crippen LogP contribution in [0.4, 0.5) is 4.39 Å². The van der Waals surface area contributed by atoms with Gasteiger partial charge in [-0.2, -0.15) is 4.31 Å². The average Bonchev–Trinajstić information content (AvgIpc) is 2.79. The molecule has 162 valence electrons. The van der Waals surface area contributed by atoms with E-state index in [1.165, 1.54) is 24.3 Å². The van der Waals surface area contributed by atoms with Gasteiger partial charge in [-0.05, 0) is 66.9 Å². The largest absolute Gasteiger partial charge is 0.457 e. The first kappa shape index (κ1) is 21.5. The smallest absolute Gasteiger partial charge is 0.243 e. The topological polar surface area (TPSA) is 46.6 Å². The van der Waals surface area contributed by atoms with Crippen LogP contribution in [-0.4, -0.2) is 18.8 Å². The zero-order valence-electron chi connectivity index (χ0n) is 17.3. The molecular weight excluding hydrogens is 413 g/mol. The van der Waals surface area contributed by atoms with Crippen LogP contribution in [0.2, 0.25) is 0 Å². The van der Waals surface area contributed by atoms with Crippen molar-refractivity contribution in [1.82, 2.24) is 4.31 Å². The molecule has 6 heteroatoms. The van der Waals surface area contributed by atoms with Crippen LogP contribution < -0.4 is 4.74 Å². The summed E-state index contributed by atoms with van der Waals surface area (Å²) < 4.78 is 47.9. The van der Waals surface area contributed by atoms with Crippen LogP contribution in [0.3, 0.4) is 0 Å². The van der Waals surface area contributed by atoms with Gasteiger partial charge >= 0.3 is 0 Å². The minimum absolute atomic E-state index is 0.0671. The molecule has 0 heterocycles. The van der Waals surface area contributed by atoms with Crippen LogP contribution in [0.1, 0.15) is 37.7 Å². The number of rotatable bonds is 7. The molecule has 0 saturated heterocycles. The van der Waals surface area contributed by atoms with E-state index in [0.717, 1.165) is 43.4 Å². The molecule has 0 aromatic heterocycles. The lowest BCUT2D eigenvalue weighted by Crippen LogP contribution is -2.40. The Bertz CT molecular complexity index is 1100. The predicted molar refractivity (Wildman–Crippen MR) is 119 cm³/mol. The van der Waals surface area contributed by atoms with Gasteiger partial charge in [-0.1, -0.05) is 49.6 Å². The summed E-state index contributed by atoms with van der Waals surface area (Å²) in [6.45, 7) is 0.246. The van der Waals surface area contributed by atoms with Crippen LogP contribution in [0.25, 0.3) is 0 Å². The Balaban J connectivity index is 1.62. The first-order chi connectivity index (χ1) is 15.0. The molecule has 0 N–H and O–H groups in total. The molecule has 0 unspecified atom stereocenters. The molecular formula is C25H26FNO3S. The van der Waals surface area contributed by atoms with Crippen molar-refractivity contribution in [3.05, 3.63) is 90.2 Å². The molecule has 1 aliphatic rings. The quantitative estimate of drug-likeness (QED) is 0.444. The fraction of sp³-hybridized carbons (Fsp3) is 0.280. The summed E-state index contributed by atoms with van der Waals surface area (Å²) in [7, 11) is -3.76. The first-order valence-corrected chi connectivity index (χ1v) is 12.1. The maximum absolute atomic E-state index is 13.5. The Morgan fingerprint density at radius 2 is 1.52 bits per heavy atom. The summed E-state index contributed by atoms with van der Waals surface area (Å²) >= 11 is 0. The number of nitrogens with zero attached hydrogens (tertiary/aromatic N) is 1. The van der Waals surface area contributed by atoms with Crippen molar-refractivity contribution in [2.75, 3.05) is 0 Å². The molecule has 3 aromatic rings. The lowest BCUT2D eigenvalue weighted by molar-refractivity contribution is 0.247. The molecule has 0 bridgehead atoms. The zero-order valence-corrected chi connectivity index (χ0v) is 18.1. The summed E-state index contributed by atoms with van der Waals surface area (Å²) in [5.41, 5.74) is 0.852. The molecule has 4 rings (SSSR count). The highest BCUT2D eigenvalue weighted by molar-refractivity contribution is 7.89. The van der Waals surface area contributed by atoms with Crippen molar-refractivity contribution in [2.24, 2.45) is 0 Å². The molecule has 0 amide bonds. The molecule has 0 aliphatic heterocycles. The van der Waals surface area contributed by atoms with Gasteiger partial charge in [0.05, 0.1) is 4.90 Å². The van der Waals surface area contributed by atoms with E-state index < -0.39 is 15.8 Å². The van der Waals surface area contributed by atoms with Crippen molar-refractivity contribution in [3.63, 3.8) is 0 Å². The second-order valence-corrected chi connectivity index (χ2v) is 9.75. The predicted octanol–water partition coefficient (Wildman–Crippen LogP) is 6.14. The van der Waals surface area contributed by atoms with Crippen LogP contribution in [0.5, 0.6) is 11.5 Å². The third kappa shape index (κ3) is 5.32. The van der Waals surface area contributed by atoms with Gasteiger partial charge in [0.15, 0.2) is 0 Å². The highest BCUT2D eigenvalue weighted by Gasteiger charge is 2.32. The number of hydrogen-bond donors (Lipinski definition) is 0. The van der Waals surface area contributed by atoms with E-state index in [1.807, 2.05) is 54.6 Å². The van der Waals surface area contributed by atoms with E-state index in [9.17, 15) is 12.8 Å². The molecule has 4 nitrogen and oxygen atoms in total. The average molecular weight is 440 g/mol. The number of para-hydroxylation sites is 1. The van der Waals surface area contributed by atoms with E-state index in [4.69, 9.17) is 4.74 Å². The monoisotopic (exact) mass is 439 g/mol. The second kappa shape index (κ2) is 9.62. The van der Waals surface area contributed by atoms with Crippen molar-refractivity contribution < 1.29 is 17.5 Å². The van der Waals surface area contributed by atoms with Crippen molar-refractivity contribution in [1.29, 1.82) is 0 Å². The Labute approximate surface area is 183 Å². The Kier molecular flexibility index (Phi) is 6.68. The molecule has 0 atom stereocenters. The lowest BCUT2D eigenvalue weighted by atomic mass is 9.95. The SMILES string of the molecule is O=S(=O)(c1ccc(F)cc1)N(Cc1cccc(Oc2ccccc2)c1)C1CCCCC1. The van der Waals surface area contributed by atoms with Gasteiger partial charge in [0.1, 0.15) is 17.3 Å². The summed E-state index contributed by atoms with van der Waals surface area (Å²) in [6.07, 6.45) is 4.82. The van der Waals surface area contributed by atoms with Crippen molar-refractivity contribution in [2.45, 2.75) is 49.6 Å². The fourth-order valence-corrected chi connectivity index (χ4v) is 5.71. The number of benzene rings is 3. The molecule has 0 radical (unpaired) electrons. The third-order valence-electron chi connectivity index (χ3n) is 5.62. The van der Waals surface area contributed by atoms with E-state index >= 15 is 0 Å². The van der Waals surface area contributed by atoms with E-state index in [1.54, 1.807) is 4.31 Å². The standard InChI is InChI=1S/C25H26FNO3S/c26-21-14-16-25(17-15-21)31(28,29)27(22-9-3-1-4-10-22)19-20-8-7-13-24(18-20)30-23-11-5-2-6-12-23/h2,5-8,11-18,22H,1,3-4,9-10,19H2. The number of sulfonamides is 1. The van der Waals surface area contributed by atoms with Gasteiger partial charge in [-0.25, -0.2) is 12.8 Å². The summed E-state index contributed by atoms with van der Waals surface area (Å²) in [5, 5.41) is 0. The summed E-state index contributed by atoms with van der Waals surface area (Å²) in [6, 6.07) is 22.0.